The maximum Gasteiger partial charge on any atom is 0.407 e. The molecule has 8 nitrogen and oxygen atoms in total. The Labute approximate surface area is 257 Å². The van der Waals surface area contributed by atoms with E-state index < -0.39 is 17.8 Å². The van der Waals surface area contributed by atoms with Gasteiger partial charge in [-0.15, -0.1) is 11.3 Å². The molecule has 1 saturated carbocycles. The number of amides is 3. The van der Waals surface area contributed by atoms with Gasteiger partial charge in [0.1, 0.15) is 16.4 Å². The summed E-state index contributed by atoms with van der Waals surface area (Å²) in [4.78, 5) is 40.7. The van der Waals surface area contributed by atoms with Crippen LogP contribution in [0.2, 0.25) is 5.02 Å². The number of nitrogens with zero attached hydrogens (tertiary/aromatic N) is 2. The Balaban J connectivity index is 1.52. The van der Waals surface area contributed by atoms with Crippen molar-refractivity contribution in [2.45, 2.75) is 44.3 Å². The summed E-state index contributed by atoms with van der Waals surface area (Å²) in [6.07, 6.45) is 1.37. The van der Waals surface area contributed by atoms with Gasteiger partial charge in [0.05, 0.1) is 12.1 Å². The van der Waals surface area contributed by atoms with Crippen LogP contribution in [0.25, 0.3) is 21.2 Å². The number of methoxy groups -OCH3 is 1. The molecule has 0 aliphatic heterocycles. The first-order valence-corrected chi connectivity index (χ1v) is 15.0. The zero-order valence-electron chi connectivity index (χ0n) is 23.7. The molecule has 1 heterocycles. The highest BCUT2D eigenvalue weighted by atomic mass is 35.5. The number of halogens is 2. The SMILES string of the molecule is COc1ccc(-c2ccc(C(N)=O)cc2)cc1CN(C(=O)c1sc2cccc(F)c2c1Cl)C1CCC(N(C)C(=O)O)CC1. The van der Waals surface area contributed by atoms with E-state index in [1.54, 1.807) is 55.5 Å². The van der Waals surface area contributed by atoms with E-state index in [1.807, 2.05) is 18.2 Å². The average molecular weight is 624 g/mol. The fourth-order valence-corrected chi connectivity index (χ4v) is 7.22. The number of carbonyl (C=O) groups excluding carboxylic acids is 2. The van der Waals surface area contributed by atoms with Crippen LogP contribution in [0.3, 0.4) is 0 Å². The van der Waals surface area contributed by atoms with Gasteiger partial charge in [0, 0.05) is 46.9 Å². The number of thiophene rings is 1. The van der Waals surface area contributed by atoms with Crippen LogP contribution in [0, 0.1) is 5.82 Å². The van der Waals surface area contributed by atoms with E-state index in [1.165, 1.54) is 11.0 Å². The van der Waals surface area contributed by atoms with Gasteiger partial charge in [0.15, 0.2) is 0 Å². The fourth-order valence-electron chi connectivity index (χ4n) is 5.71. The summed E-state index contributed by atoms with van der Waals surface area (Å²) in [5.41, 5.74) is 8.25. The van der Waals surface area contributed by atoms with Crippen LogP contribution >= 0.6 is 22.9 Å². The van der Waals surface area contributed by atoms with Gasteiger partial charge in [-0.05, 0) is 73.2 Å². The Morgan fingerprint density at radius 1 is 1.02 bits per heavy atom. The Morgan fingerprint density at radius 2 is 1.67 bits per heavy atom. The van der Waals surface area contributed by atoms with Crippen molar-refractivity contribution in [3.8, 4) is 16.9 Å². The molecule has 0 saturated heterocycles. The Bertz CT molecular complexity index is 1680. The monoisotopic (exact) mass is 623 g/mol. The average Bonchev–Trinajstić information content (AvgIpc) is 3.36. The lowest BCUT2D eigenvalue weighted by molar-refractivity contribution is 0.0555. The van der Waals surface area contributed by atoms with E-state index in [9.17, 15) is 23.9 Å². The largest absolute Gasteiger partial charge is 0.496 e. The van der Waals surface area contributed by atoms with Gasteiger partial charge < -0.3 is 25.4 Å². The Morgan fingerprint density at radius 3 is 2.28 bits per heavy atom. The third-order valence-corrected chi connectivity index (χ3v) is 9.77. The van der Waals surface area contributed by atoms with Gasteiger partial charge in [0.2, 0.25) is 5.91 Å². The van der Waals surface area contributed by atoms with Gasteiger partial charge in [-0.2, -0.15) is 0 Å². The lowest BCUT2D eigenvalue weighted by Crippen LogP contribution is -2.46. The molecular formula is C32H31ClFN3O5S. The highest BCUT2D eigenvalue weighted by molar-refractivity contribution is 7.21. The molecule has 43 heavy (non-hydrogen) atoms. The minimum Gasteiger partial charge on any atom is -0.496 e. The summed E-state index contributed by atoms with van der Waals surface area (Å²) in [6, 6.07) is 16.9. The van der Waals surface area contributed by atoms with Crippen LogP contribution in [0.1, 0.15) is 51.3 Å². The maximum atomic E-state index is 14.7. The second-order valence-corrected chi connectivity index (χ2v) is 12.0. The Kier molecular flexibility index (Phi) is 8.89. The number of hydrogen-bond donors (Lipinski definition) is 2. The highest BCUT2D eigenvalue weighted by Crippen LogP contribution is 2.40. The number of primary amides is 1. The molecule has 1 aliphatic rings. The molecule has 5 rings (SSSR count). The first kappa shape index (κ1) is 30.3. The van der Waals surface area contributed by atoms with Crippen molar-refractivity contribution in [1.29, 1.82) is 0 Å². The molecule has 0 unspecified atom stereocenters. The summed E-state index contributed by atoms with van der Waals surface area (Å²) < 4.78 is 20.9. The fraction of sp³-hybridized carbons (Fsp3) is 0.281. The van der Waals surface area contributed by atoms with Crippen molar-refractivity contribution >= 4 is 50.9 Å². The lowest BCUT2D eigenvalue weighted by Gasteiger charge is -2.39. The molecule has 3 N–H and O–H groups in total. The van der Waals surface area contributed by atoms with Crippen molar-refractivity contribution in [2.24, 2.45) is 5.73 Å². The number of benzene rings is 3. The van der Waals surface area contributed by atoms with Crippen molar-refractivity contribution in [1.82, 2.24) is 9.80 Å². The first-order chi connectivity index (χ1) is 20.6. The molecule has 3 amide bonds. The predicted molar refractivity (Wildman–Crippen MR) is 165 cm³/mol. The molecule has 0 atom stereocenters. The quantitative estimate of drug-likeness (QED) is 0.219. The number of carbonyl (C=O) groups is 3. The van der Waals surface area contributed by atoms with Crippen LogP contribution in [-0.4, -0.2) is 59.1 Å². The standard InChI is InChI=1S/C32H31ClFN3O5S/c1-36(32(40)41)22-11-13-23(14-12-22)37(31(39)29-28(33)27-24(34)4-3-5-26(27)43-29)17-21-16-20(10-15-25(21)42-2)18-6-8-19(9-7-18)30(35)38/h3-10,15-16,22-23H,11-14,17H2,1-2H3,(H2,35,38)(H,40,41). The minimum absolute atomic E-state index is 0.0858. The molecule has 224 valence electrons. The summed E-state index contributed by atoms with van der Waals surface area (Å²) in [5.74, 6) is -0.736. The molecule has 0 bridgehead atoms. The van der Waals surface area contributed by atoms with E-state index in [-0.39, 0.29) is 39.8 Å². The van der Waals surface area contributed by atoms with Gasteiger partial charge in [-0.3, -0.25) is 9.59 Å². The molecule has 0 spiro atoms. The number of rotatable bonds is 8. The maximum absolute atomic E-state index is 14.7. The van der Waals surface area contributed by atoms with E-state index in [2.05, 4.69) is 0 Å². The topological polar surface area (TPSA) is 113 Å². The van der Waals surface area contributed by atoms with Crippen LogP contribution < -0.4 is 10.5 Å². The minimum atomic E-state index is -0.985. The van der Waals surface area contributed by atoms with Gasteiger partial charge in [-0.25, -0.2) is 9.18 Å². The van der Waals surface area contributed by atoms with Crippen LogP contribution in [0.5, 0.6) is 5.75 Å². The lowest BCUT2D eigenvalue weighted by atomic mass is 9.89. The predicted octanol–water partition coefficient (Wildman–Crippen LogP) is 7.03. The smallest absolute Gasteiger partial charge is 0.407 e. The summed E-state index contributed by atoms with van der Waals surface area (Å²) in [7, 11) is 3.12. The normalized spacial score (nSPS) is 16.6. The van der Waals surface area contributed by atoms with Gasteiger partial charge in [-0.1, -0.05) is 35.9 Å². The number of nitrogens with two attached hydrogens (primary N) is 1. The van der Waals surface area contributed by atoms with E-state index in [4.69, 9.17) is 22.1 Å². The zero-order chi connectivity index (χ0) is 30.8. The van der Waals surface area contributed by atoms with Crippen molar-refractivity contribution in [3.63, 3.8) is 0 Å². The summed E-state index contributed by atoms with van der Waals surface area (Å²) >= 11 is 7.79. The number of ether oxygens (including phenoxy) is 1. The summed E-state index contributed by atoms with van der Waals surface area (Å²) in [6.45, 7) is 0.187. The second kappa shape index (κ2) is 12.6. The van der Waals surface area contributed by atoms with Crippen molar-refractivity contribution in [2.75, 3.05) is 14.2 Å². The molecule has 1 aliphatic carbocycles. The second-order valence-electron chi connectivity index (χ2n) is 10.6. The molecule has 1 fully saturated rings. The molecule has 4 aromatic rings. The van der Waals surface area contributed by atoms with Crippen LogP contribution in [0.15, 0.2) is 60.7 Å². The van der Waals surface area contributed by atoms with E-state index in [0.29, 0.717) is 41.7 Å². The van der Waals surface area contributed by atoms with Gasteiger partial charge in [0.25, 0.3) is 5.91 Å². The molecule has 0 radical (unpaired) electrons. The molecular weight excluding hydrogens is 593 g/mol. The molecule has 3 aromatic carbocycles. The zero-order valence-corrected chi connectivity index (χ0v) is 25.3. The van der Waals surface area contributed by atoms with E-state index in [0.717, 1.165) is 28.0 Å². The number of hydrogen-bond acceptors (Lipinski definition) is 5. The summed E-state index contributed by atoms with van der Waals surface area (Å²) in [5, 5.41) is 9.77. The van der Waals surface area contributed by atoms with Crippen molar-refractivity contribution < 1.29 is 28.6 Å². The van der Waals surface area contributed by atoms with Crippen LogP contribution in [0.4, 0.5) is 9.18 Å². The molecule has 1 aromatic heterocycles. The Hall–Kier alpha value is -4.15. The van der Waals surface area contributed by atoms with Gasteiger partial charge >= 0.3 is 6.09 Å². The van der Waals surface area contributed by atoms with Crippen LogP contribution in [-0.2, 0) is 6.54 Å². The van der Waals surface area contributed by atoms with Crippen molar-refractivity contribution in [3.05, 3.63) is 87.5 Å². The van der Waals surface area contributed by atoms with E-state index >= 15 is 0 Å². The third-order valence-electron chi connectivity index (χ3n) is 8.14. The third kappa shape index (κ3) is 6.16. The first-order valence-electron chi connectivity index (χ1n) is 13.8. The number of fused-ring (bicyclic) bond motifs is 1. The molecule has 11 heteroatoms. The highest BCUT2D eigenvalue weighted by Gasteiger charge is 2.34. The number of carboxylic acid groups (broad SMARTS) is 1.